The van der Waals surface area contributed by atoms with E-state index in [1.807, 2.05) is 0 Å². The number of halogens is 2. The molecule has 0 radical (unpaired) electrons. The van der Waals surface area contributed by atoms with Crippen LogP contribution in [-0.2, 0) is 0 Å². The third-order valence-electron chi connectivity index (χ3n) is 2.69. The quantitative estimate of drug-likeness (QED) is 0.883. The molecule has 0 fully saturated rings. The second-order valence-electron chi connectivity index (χ2n) is 4.21. The number of anilines is 1. The number of ether oxygens (including phenoxy) is 1. The molecule has 2 rings (SSSR count). The van der Waals surface area contributed by atoms with Crippen LogP contribution in [0, 0.1) is 0 Å². The van der Waals surface area contributed by atoms with Gasteiger partial charge in [-0.1, -0.05) is 29.3 Å². The molecule has 2 aromatic rings. The van der Waals surface area contributed by atoms with Crippen LogP contribution in [0.2, 0.25) is 10.0 Å². The molecule has 0 aliphatic heterocycles. The standard InChI is InChI=1S/C15H14Cl2N2O2/c16-12-2-1-3-13(17)14(12)15(20)19-10-4-6-11(7-5-10)21-9-8-18/h1-7H,8-9,18H2,(H,19,20). The van der Waals surface area contributed by atoms with Crippen LogP contribution < -0.4 is 15.8 Å². The molecular formula is C15H14Cl2N2O2. The Balaban J connectivity index is 2.09. The van der Waals surface area contributed by atoms with Crippen LogP contribution in [-0.4, -0.2) is 19.1 Å². The number of nitrogens with one attached hydrogen (secondary N) is 1. The molecule has 2 aromatic carbocycles. The van der Waals surface area contributed by atoms with Crippen LogP contribution >= 0.6 is 23.2 Å². The first-order chi connectivity index (χ1) is 10.1. The maximum Gasteiger partial charge on any atom is 0.258 e. The molecule has 0 saturated carbocycles. The van der Waals surface area contributed by atoms with Crippen LogP contribution in [0.1, 0.15) is 10.4 Å². The highest BCUT2D eigenvalue weighted by atomic mass is 35.5. The number of rotatable bonds is 5. The number of carbonyl (C=O) groups is 1. The first-order valence-corrected chi connectivity index (χ1v) is 7.05. The molecule has 0 saturated heterocycles. The van der Waals surface area contributed by atoms with E-state index in [0.29, 0.717) is 34.6 Å². The van der Waals surface area contributed by atoms with E-state index in [-0.39, 0.29) is 11.5 Å². The SMILES string of the molecule is NCCOc1ccc(NC(=O)c2c(Cl)cccc2Cl)cc1. The van der Waals surface area contributed by atoms with Gasteiger partial charge in [0.05, 0.1) is 15.6 Å². The summed E-state index contributed by atoms with van der Waals surface area (Å²) in [7, 11) is 0. The smallest absolute Gasteiger partial charge is 0.258 e. The highest BCUT2D eigenvalue weighted by Gasteiger charge is 2.14. The average Bonchev–Trinajstić information content (AvgIpc) is 2.46. The predicted octanol–water partition coefficient (Wildman–Crippen LogP) is 3.58. The van der Waals surface area contributed by atoms with E-state index in [4.69, 9.17) is 33.7 Å². The lowest BCUT2D eigenvalue weighted by atomic mass is 10.2. The molecule has 0 atom stereocenters. The summed E-state index contributed by atoms with van der Waals surface area (Å²) in [5, 5.41) is 3.35. The molecule has 1 amide bonds. The molecule has 0 unspecified atom stereocenters. The van der Waals surface area contributed by atoms with Gasteiger partial charge in [0, 0.05) is 12.2 Å². The van der Waals surface area contributed by atoms with Crippen LogP contribution in [0.4, 0.5) is 5.69 Å². The van der Waals surface area contributed by atoms with Gasteiger partial charge in [-0.2, -0.15) is 0 Å². The number of carbonyl (C=O) groups excluding carboxylic acids is 1. The van der Waals surface area contributed by atoms with Gasteiger partial charge in [0.2, 0.25) is 0 Å². The minimum atomic E-state index is -0.360. The highest BCUT2D eigenvalue weighted by molar-refractivity contribution is 6.40. The molecule has 0 bridgehead atoms. The van der Waals surface area contributed by atoms with Crippen LogP contribution in [0.25, 0.3) is 0 Å². The number of hydrogen-bond acceptors (Lipinski definition) is 3. The minimum Gasteiger partial charge on any atom is -0.492 e. The van der Waals surface area contributed by atoms with E-state index in [9.17, 15) is 4.79 Å². The molecule has 3 N–H and O–H groups in total. The van der Waals surface area contributed by atoms with E-state index in [1.54, 1.807) is 42.5 Å². The summed E-state index contributed by atoms with van der Waals surface area (Å²) >= 11 is 12.0. The molecule has 4 nitrogen and oxygen atoms in total. The number of amides is 1. The van der Waals surface area contributed by atoms with Gasteiger partial charge in [0.15, 0.2) is 0 Å². The number of benzene rings is 2. The highest BCUT2D eigenvalue weighted by Crippen LogP contribution is 2.25. The van der Waals surface area contributed by atoms with Gasteiger partial charge in [-0.25, -0.2) is 0 Å². The second-order valence-corrected chi connectivity index (χ2v) is 5.03. The Hall–Kier alpha value is -1.75. The van der Waals surface area contributed by atoms with Crippen molar-refractivity contribution in [1.29, 1.82) is 0 Å². The third-order valence-corrected chi connectivity index (χ3v) is 3.32. The van der Waals surface area contributed by atoms with Crippen LogP contribution in [0.3, 0.4) is 0 Å². The maximum atomic E-state index is 12.2. The Labute approximate surface area is 132 Å². The zero-order valence-electron chi connectivity index (χ0n) is 11.1. The first-order valence-electron chi connectivity index (χ1n) is 6.30. The summed E-state index contributed by atoms with van der Waals surface area (Å²) in [5.41, 5.74) is 6.23. The Bertz CT molecular complexity index is 610. The molecule has 6 heteroatoms. The van der Waals surface area contributed by atoms with Gasteiger partial charge < -0.3 is 15.8 Å². The van der Waals surface area contributed by atoms with Gasteiger partial charge in [0.25, 0.3) is 5.91 Å². The summed E-state index contributed by atoms with van der Waals surface area (Å²) < 4.78 is 5.36. The number of nitrogens with two attached hydrogens (primary N) is 1. The molecule has 0 heterocycles. The van der Waals surface area contributed by atoms with Gasteiger partial charge in [-0.3, -0.25) is 4.79 Å². The van der Waals surface area contributed by atoms with Crippen LogP contribution in [0.5, 0.6) is 5.75 Å². The molecule has 0 aliphatic carbocycles. The fourth-order valence-corrected chi connectivity index (χ4v) is 2.29. The average molecular weight is 325 g/mol. The maximum absolute atomic E-state index is 12.2. The van der Waals surface area contributed by atoms with Gasteiger partial charge in [-0.15, -0.1) is 0 Å². The fraction of sp³-hybridized carbons (Fsp3) is 0.133. The van der Waals surface area contributed by atoms with E-state index in [2.05, 4.69) is 5.32 Å². The van der Waals surface area contributed by atoms with Crippen LogP contribution in [0.15, 0.2) is 42.5 Å². The van der Waals surface area contributed by atoms with Crippen molar-refractivity contribution in [2.75, 3.05) is 18.5 Å². The van der Waals surface area contributed by atoms with Gasteiger partial charge in [0.1, 0.15) is 12.4 Å². The first kappa shape index (κ1) is 15.6. The summed E-state index contributed by atoms with van der Waals surface area (Å²) in [5.74, 6) is 0.329. The van der Waals surface area contributed by atoms with E-state index < -0.39 is 0 Å². The monoisotopic (exact) mass is 324 g/mol. The largest absolute Gasteiger partial charge is 0.492 e. The van der Waals surface area contributed by atoms with Crippen molar-refractivity contribution < 1.29 is 9.53 Å². The van der Waals surface area contributed by atoms with Gasteiger partial charge in [-0.05, 0) is 36.4 Å². The number of hydrogen-bond donors (Lipinski definition) is 2. The lowest BCUT2D eigenvalue weighted by Gasteiger charge is -2.09. The molecular weight excluding hydrogens is 311 g/mol. The normalized spacial score (nSPS) is 10.2. The summed E-state index contributed by atoms with van der Waals surface area (Å²) in [4.78, 5) is 12.2. The third kappa shape index (κ3) is 4.11. The Kier molecular flexibility index (Phi) is 5.44. The summed E-state index contributed by atoms with van der Waals surface area (Å²) in [6.45, 7) is 0.893. The lowest BCUT2D eigenvalue weighted by Crippen LogP contribution is -2.13. The predicted molar refractivity (Wildman–Crippen MR) is 85.4 cm³/mol. The molecule has 0 spiro atoms. The van der Waals surface area contributed by atoms with Crippen molar-refractivity contribution in [2.45, 2.75) is 0 Å². The summed E-state index contributed by atoms with van der Waals surface area (Å²) in [6, 6.07) is 11.9. The molecule has 110 valence electrons. The molecule has 0 aromatic heterocycles. The Morgan fingerprint density at radius 3 is 2.29 bits per heavy atom. The van der Waals surface area contributed by atoms with Crippen molar-refractivity contribution in [3.63, 3.8) is 0 Å². The second kappa shape index (κ2) is 7.31. The van der Waals surface area contributed by atoms with E-state index in [0.717, 1.165) is 0 Å². The molecule has 21 heavy (non-hydrogen) atoms. The Morgan fingerprint density at radius 1 is 1.10 bits per heavy atom. The van der Waals surface area contributed by atoms with Crippen molar-refractivity contribution in [3.8, 4) is 5.75 Å². The van der Waals surface area contributed by atoms with E-state index >= 15 is 0 Å². The topological polar surface area (TPSA) is 64.3 Å². The zero-order valence-corrected chi connectivity index (χ0v) is 12.6. The summed E-state index contributed by atoms with van der Waals surface area (Å²) in [6.07, 6.45) is 0. The molecule has 0 aliphatic rings. The van der Waals surface area contributed by atoms with Crippen molar-refractivity contribution in [2.24, 2.45) is 5.73 Å². The lowest BCUT2D eigenvalue weighted by molar-refractivity contribution is 0.102. The Morgan fingerprint density at radius 2 is 1.71 bits per heavy atom. The fourth-order valence-electron chi connectivity index (χ4n) is 1.72. The van der Waals surface area contributed by atoms with E-state index in [1.165, 1.54) is 0 Å². The minimum absolute atomic E-state index is 0.254. The van der Waals surface area contributed by atoms with Crippen molar-refractivity contribution >= 4 is 34.8 Å². The zero-order chi connectivity index (χ0) is 15.2. The van der Waals surface area contributed by atoms with Crippen molar-refractivity contribution in [1.82, 2.24) is 0 Å². The van der Waals surface area contributed by atoms with Crippen molar-refractivity contribution in [3.05, 3.63) is 58.1 Å². The van der Waals surface area contributed by atoms with Gasteiger partial charge >= 0.3 is 0 Å².